The lowest BCUT2D eigenvalue weighted by Gasteiger charge is -2.24. The predicted octanol–water partition coefficient (Wildman–Crippen LogP) is 2.66. The predicted molar refractivity (Wildman–Crippen MR) is 54.5 cm³/mol. The molecule has 0 radical (unpaired) electrons. The molecule has 0 aliphatic carbocycles. The minimum absolute atomic E-state index is 0.238. The van der Waals surface area contributed by atoms with Gasteiger partial charge in [0.1, 0.15) is 5.60 Å². The fraction of sp³-hybridized carbons (Fsp3) is 0.818. The average molecular weight is 197 g/mol. The van der Waals surface area contributed by atoms with Crippen molar-refractivity contribution in [1.29, 1.82) is 5.26 Å². The minimum Gasteiger partial charge on any atom is -0.460 e. The van der Waals surface area contributed by atoms with Gasteiger partial charge in [-0.2, -0.15) is 5.26 Å². The van der Waals surface area contributed by atoms with Gasteiger partial charge in [-0.1, -0.05) is 13.8 Å². The van der Waals surface area contributed by atoms with E-state index in [4.69, 9.17) is 10.00 Å². The summed E-state index contributed by atoms with van der Waals surface area (Å²) in [6, 6.07) is 2.07. The highest BCUT2D eigenvalue weighted by atomic mass is 16.6. The van der Waals surface area contributed by atoms with E-state index < -0.39 is 5.60 Å². The van der Waals surface area contributed by atoms with E-state index >= 15 is 0 Å². The maximum atomic E-state index is 11.4. The lowest BCUT2D eigenvalue weighted by molar-refractivity contribution is -0.157. The monoisotopic (exact) mass is 197 g/mol. The fourth-order valence-electron chi connectivity index (χ4n) is 1.04. The fourth-order valence-corrected chi connectivity index (χ4v) is 1.04. The summed E-state index contributed by atoms with van der Waals surface area (Å²) in [6.07, 6.45) is 0.657. The third-order valence-electron chi connectivity index (χ3n) is 1.60. The summed E-state index contributed by atoms with van der Waals surface area (Å²) < 4.78 is 5.17. The van der Waals surface area contributed by atoms with Gasteiger partial charge in [-0.3, -0.25) is 4.79 Å². The second-order valence-corrected chi connectivity index (χ2v) is 5.26. The Kier molecular flexibility index (Phi) is 4.12. The molecular formula is C11H19NO2. The molecule has 0 bridgehead atoms. The Labute approximate surface area is 86.1 Å². The minimum atomic E-state index is -0.445. The molecule has 0 spiro atoms. The number of carbonyl (C=O) groups excluding carboxylic acids is 1. The first-order valence-corrected chi connectivity index (χ1v) is 4.75. The van der Waals surface area contributed by atoms with E-state index in [0.717, 1.165) is 0 Å². The first kappa shape index (κ1) is 13.0. The van der Waals surface area contributed by atoms with E-state index in [0.29, 0.717) is 6.42 Å². The third kappa shape index (κ3) is 6.47. The Bertz CT molecular complexity index is 243. The molecule has 14 heavy (non-hydrogen) atoms. The quantitative estimate of drug-likeness (QED) is 0.653. The summed E-state index contributed by atoms with van der Waals surface area (Å²) in [5.74, 6) is -0.238. The summed E-state index contributed by atoms with van der Waals surface area (Å²) in [6.45, 7) is 9.28. The molecule has 3 heteroatoms. The molecule has 0 N–H and O–H groups in total. The van der Waals surface area contributed by atoms with Crippen molar-refractivity contribution in [3.63, 3.8) is 0 Å². The molecule has 3 nitrogen and oxygen atoms in total. The Morgan fingerprint density at radius 1 is 1.29 bits per heavy atom. The van der Waals surface area contributed by atoms with Crippen molar-refractivity contribution in [2.45, 2.75) is 53.1 Å². The molecule has 0 unspecified atom stereocenters. The van der Waals surface area contributed by atoms with Gasteiger partial charge >= 0.3 is 5.97 Å². The lowest BCUT2D eigenvalue weighted by atomic mass is 9.86. The molecule has 80 valence electrons. The SMILES string of the molecule is CC(C)(CC#N)CC(=O)OC(C)(C)C. The van der Waals surface area contributed by atoms with Crippen LogP contribution in [0.1, 0.15) is 47.5 Å². The van der Waals surface area contributed by atoms with Crippen LogP contribution in [0.4, 0.5) is 0 Å². The van der Waals surface area contributed by atoms with Crippen molar-refractivity contribution < 1.29 is 9.53 Å². The van der Waals surface area contributed by atoms with Gasteiger partial charge in [-0.05, 0) is 26.2 Å². The van der Waals surface area contributed by atoms with Gasteiger partial charge < -0.3 is 4.74 Å². The van der Waals surface area contributed by atoms with Gasteiger partial charge in [0.25, 0.3) is 0 Å². The van der Waals surface area contributed by atoms with Gasteiger partial charge in [0.15, 0.2) is 0 Å². The van der Waals surface area contributed by atoms with Crippen LogP contribution in [0.5, 0.6) is 0 Å². The number of hydrogen-bond donors (Lipinski definition) is 0. The molecule has 0 aromatic rings. The lowest BCUT2D eigenvalue weighted by Crippen LogP contribution is -2.27. The molecule has 0 aromatic heterocycles. The molecule has 0 aliphatic heterocycles. The van der Waals surface area contributed by atoms with E-state index in [1.165, 1.54) is 0 Å². The molecule has 0 saturated carbocycles. The van der Waals surface area contributed by atoms with Crippen LogP contribution in [0.3, 0.4) is 0 Å². The van der Waals surface area contributed by atoms with Crippen molar-refractivity contribution in [2.75, 3.05) is 0 Å². The second kappa shape index (κ2) is 4.45. The Morgan fingerprint density at radius 3 is 2.14 bits per heavy atom. The smallest absolute Gasteiger partial charge is 0.306 e. The number of carbonyl (C=O) groups is 1. The van der Waals surface area contributed by atoms with E-state index in [1.54, 1.807) is 0 Å². The Hall–Kier alpha value is -1.04. The summed E-state index contributed by atoms with van der Waals surface area (Å²) >= 11 is 0. The average Bonchev–Trinajstić information content (AvgIpc) is 1.78. The first-order valence-electron chi connectivity index (χ1n) is 4.75. The van der Waals surface area contributed by atoms with Gasteiger partial charge in [0.2, 0.25) is 0 Å². The topological polar surface area (TPSA) is 50.1 Å². The van der Waals surface area contributed by atoms with E-state index in [2.05, 4.69) is 6.07 Å². The highest BCUT2D eigenvalue weighted by Gasteiger charge is 2.25. The molecule has 0 aromatic carbocycles. The maximum Gasteiger partial charge on any atom is 0.306 e. The van der Waals surface area contributed by atoms with Crippen LogP contribution in [0.15, 0.2) is 0 Å². The van der Waals surface area contributed by atoms with Crippen LogP contribution in [0.25, 0.3) is 0 Å². The molecule has 0 rings (SSSR count). The van der Waals surface area contributed by atoms with Crippen LogP contribution >= 0.6 is 0 Å². The number of hydrogen-bond acceptors (Lipinski definition) is 3. The van der Waals surface area contributed by atoms with Crippen LogP contribution in [-0.4, -0.2) is 11.6 Å². The van der Waals surface area contributed by atoms with Crippen molar-refractivity contribution in [2.24, 2.45) is 5.41 Å². The second-order valence-electron chi connectivity index (χ2n) is 5.26. The van der Waals surface area contributed by atoms with Crippen LogP contribution < -0.4 is 0 Å². The number of nitrogens with zero attached hydrogens (tertiary/aromatic N) is 1. The van der Waals surface area contributed by atoms with Gasteiger partial charge in [-0.25, -0.2) is 0 Å². The maximum absolute atomic E-state index is 11.4. The molecular weight excluding hydrogens is 178 g/mol. The summed E-state index contributed by atoms with van der Waals surface area (Å²) in [5, 5.41) is 8.55. The van der Waals surface area contributed by atoms with E-state index in [9.17, 15) is 4.79 Å². The van der Waals surface area contributed by atoms with Crippen LogP contribution in [0.2, 0.25) is 0 Å². The zero-order chi connectivity index (χ0) is 11.4. The largest absolute Gasteiger partial charge is 0.460 e. The van der Waals surface area contributed by atoms with Gasteiger partial charge in [0.05, 0.1) is 12.5 Å². The Morgan fingerprint density at radius 2 is 1.79 bits per heavy atom. The highest BCUT2D eigenvalue weighted by molar-refractivity contribution is 5.70. The van der Waals surface area contributed by atoms with Gasteiger partial charge in [-0.15, -0.1) is 0 Å². The van der Waals surface area contributed by atoms with Gasteiger partial charge in [0, 0.05) is 6.42 Å². The first-order chi connectivity index (χ1) is 6.16. The molecule has 0 saturated heterocycles. The number of rotatable bonds is 3. The number of esters is 1. The summed E-state index contributed by atoms with van der Waals surface area (Å²) in [4.78, 5) is 11.4. The van der Waals surface area contributed by atoms with E-state index in [-0.39, 0.29) is 17.8 Å². The highest BCUT2D eigenvalue weighted by Crippen LogP contribution is 2.25. The Balaban J connectivity index is 4.14. The van der Waals surface area contributed by atoms with Crippen molar-refractivity contribution >= 4 is 5.97 Å². The van der Waals surface area contributed by atoms with Crippen molar-refractivity contribution in [1.82, 2.24) is 0 Å². The third-order valence-corrected chi connectivity index (χ3v) is 1.60. The van der Waals surface area contributed by atoms with Crippen molar-refractivity contribution in [3.8, 4) is 6.07 Å². The molecule has 0 aliphatic rings. The number of nitriles is 1. The van der Waals surface area contributed by atoms with E-state index in [1.807, 2.05) is 34.6 Å². The normalized spacial score (nSPS) is 12.0. The van der Waals surface area contributed by atoms with Crippen LogP contribution in [-0.2, 0) is 9.53 Å². The number of ether oxygens (including phenoxy) is 1. The molecule has 0 atom stereocenters. The summed E-state index contributed by atoms with van der Waals surface area (Å²) in [7, 11) is 0. The van der Waals surface area contributed by atoms with Crippen LogP contribution in [0, 0.1) is 16.7 Å². The zero-order valence-electron chi connectivity index (χ0n) is 9.68. The molecule has 0 heterocycles. The zero-order valence-corrected chi connectivity index (χ0v) is 9.68. The molecule has 0 amide bonds. The standard InChI is InChI=1S/C11H19NO2/c1-10(2,3)14-9(13)8-11(4,5)6-7-12/h6,8H2,1-5H3. The summed E-state index contributed by atoms with van der Waals surface area (Å²) in [5.41, 5.74) is -0.739. The van der Waals surface area contributed by atoms with Crippen molar-refractivity contribution in [3.05, 3.63) is 0 Å². The molecule has 0 fully saturated rings.